The first-order valence-corrected chi connectivity index (χ1v) is 9.26. The fourth-order valence-corrected chi connectivity index (χ4v) is 3.96. The Labute approximate surface area is 168 Å². The number of hydrogen-bond acceptors (Lipinski definition) is 4. The number of likely N-dealkylation sites (N-methyl/N-ethyl adjacent to an activating group) is 1. The monoisotopic (exact) mass is 410 g/mol. The number of ether oxygens (including phenoxy) is 1. The van der Waals surface area contributed by atoms with Crippen molar-refractivity contribution in [3.8, 4) is 0 Å². The number of carbonyl (C=O) groups excluding carboxylic acids is 1. The number of fused-ring (bicyclic) bond motifs is 4. The highest BCUT2D eigenvalue weighted by Gasteiger charge is 2.31. The van der Waals surface area contributed by atoms with Gasteiger partial charge in [0.25, 0.3) is 11.5 Å². The zero-order chi connectivity index (χ0) is 21.0. The second kappa shape index (κ2) is 6.74. The van der Waals surface area contributed by atoms with Crippen LogP contribution in [0.2, 0.25) is 0 Å². The van der Waals surface area contributed by atoms with Crippen molar-refractivity contribution in [1.82, 2.24) is 19.5 Å². The van der Waals surface area contributed by atoms with Gasteiger partial charge in [-0.05, 0) is 35.7 Å². The van der Waals surface area contributed by atoms with Gasteiger partial charge in [-0.3, -0.25) is 9.59 Å². The predicted molar refractivity (Wildman–Crippen MR) is 104 cm³/mol. The van der Waals surface area contributed by atoms with Crippen LogP contribution in [0.3, 0.4) is 0 Å². The lowest BCUT2D eigenvalue weighted by molar-refractivity contribution is 0.0335. The molecule has 3 aromatic heterocycles. The molecule has 4 heterocycles. The molecule has 1 atom stereocenters. The van der Waals surface area contributed by atoms with E-state index in [1.165, 1.54) is 4.90 Å². The largest absolute Gasteiger partial charge is 0.373 e. The molecule has 7 nitrogen and oxygen atoms in total. The summed E-state index contributed by atoms with van der Waals surface area (Å²) >= 11 is 0. The standard InChI is InChI=1S/C21H16F2N4O3/c1-26(21(29)11-5-12-3-2-4-24-27(12)8-11)18-10-30-9-17-19(18)13-6-15(22)16(23)7-14(13)20(28)25-17/h2-8,18H,9-10H2,1H3,(H,25,28). The molecule has 0 spiro atoms. The first-order valence-electron chi connectivity index (χ1n) is 9.26. The normalized spacial score (nSPS) is 16.0. The van der Waals surface area contributed by atoms with Crippen LogP contribution < -0.4 is 5.56 Å². The topological polar surface area (TPSA) is 79.7 Å². The smallest absolute Gasteiger partial charge is 0.256 e. The highest BCUT2D eigenvalue weighted by Crippen LogP contribution is 2.34. The number of aromatic amines is 1. The van der Waals surface area contributed by atoms with Gasteiger partial charge in [0.05, 0.1) is 35.7 Å². The minimum Gasteiger partial charge on any atom is -0.373 e. The summed E-state index contributed by atoms with van der Waals surface area (Å²) in [5.41, 5.74) is 1.65. The van der Waals surface area contributed by atoms with Crippen LogP contribution in [0.25, 0.3) is 16.3 Å². The lowest BCUT2D eigenvalue weighted by Gasteiger charge is -2.33. The Balaban J connectivity index is 1.63. The van der Waals surface area contributed by atoms with Crippen LogP contribution in [0.15, 0.2) is 47.5 Å². The number of H-pyrrole nitrogens is 1. The van der Waals surface area contributed by atoms with E-state index in [1.54, 1.807) is 36.1 Å². The number of hydrogen-bond donors (Lipinski definition) is 1. The predicted octanol–water partition coefficient (Wildman–Crippen LogP) is 2.80. The van der Waals surface area contributed by atoms with Gasteiger partial charge in [-0.1, -0.05) is 0 Å². The highest BCUT2D eigenvalue weighted by atomic mass is 19.2. The molecule has 9 heteroatoms. The fourth-order valence-electron chi connectivity index (χ4n) is 3.96. The molecule has 1 aliphatic rings. The lowest BCUT2D eigenvalue weighted by Crippen LogP contribution is -2.37. The molecule has 0 saturated carbocycles. The van der Waals surface area contributed by atoms with Crippen LogP contribution in [0.1, 0.15) is 27.7 Å². The third kappa shape index (κ3) is 2.78. The Hall–Kier alpha value is -3.59. The molecule has 5 rings (SSSR count). The van der Waals surface area contributed by atoms with E-state index >= 15 is 0 Å². The molecule has 1 aromatic carbocycles. The van der Waals surface area contributed by atoms with Crippen LogP contribution >= 0.6 is 0 Å². The van der Waals surface area contributed by atoms with Crippen molar-refractivity contribution in [1.29, 1.82) is 0 Å². The van der Waals surface area contributed by atoms with E-state index in [0.29, 0.717) is 16.8 Å². The van der Waals surface area contributed by atoms with Gasteiger partial charge in [0.1, 0.15) is 0 Å². The van der Waals surface area contributed by atoms with Crippen molar-refractivity contribution in [2.45, 2.75) is 12.6 Å². The van der Waals surface area contributed by atoms with Crippen molar-refractivity contribution >= 4 is 22.2 Å². The summed E-state index contributed by atoms with van der Waals surface area (Å²) < 4.78 is 34.9. The van der Waals surface area contributed by atoms with Gasteiger partial charge in [0.15, 0.2) is 11.6 Å². The number of rotatable bonds is 2. The Bertz CT molecular complexity index is 1350. The number of amides is 1. The summed E-state index contributed by atoms with van der Waals surface area (Å²) in [6.07, 6.45) is 3.24. The molecular weight excluding hydrogens is 394 g/mol. The second-order valence-electron chi connectivity index (χ2n) is 7.23. The van der Waals surface area contributed by atoms with Gasteiger partial charge in [-0.2, -0.15) is 5.10 Å². The number of nitrogens with one attached hydrogen (secondary N) is 1. The lowest BCUT2D eigenvalue weighted by atomic mass is 9.95. The average Bonchev–Trinajstić information content (AvgIpc) is 3.18. The van der Waals surface area contributed by atoms with E-state index < -0.39 is 23.2 Å². The van der Waals surface area contributed by atoms with E-state index in [2.05, 4.69) is 10.1 Å². The fraction of sp³-hybridized carbons (Fsp3) is 0.190. The van der Waals surface area contributed by atoms with Gasteiger partial charge in [-0.15, -0.1) is 0 Å². The van der Waals surface area contributed by atoms with Gasteiger partial charge in [0, 0.05) is 30.7 Å². The minimum atomic E-state index is -1.10. The third-order valence-electron chi connectivity index (χ3n) is 5.45. The van der Waals surface area contributed by atoms with Crippen LogP contribution in [0, 0.1) is 11.6 Å². The Morgan fingerprint density at radius 1 is 1.27 bits per heavy atom. The Morgan fingerprint density at radius 2 is 2.03 bits per heavy atom. The Kier molecular flexibility index (Phi) is 4.14. The van der Waals surface area contributed by atoms with Crippen molar-refractivity contribution in [2.75, 3.05) is 13.7 Å². The van der Waals surface area contributed by atoms with E-state index in [4.69, 9.17) is 4.74 Å². The average molecular weight is 410 g/mol. The molecule has 1 aliphatic heterocycles. The first-order chi connectivity index (χ1) is 14.4. The maximum absolute atomic E-state index is 14.0. The molecule has 0 aliphatic carbocycles. The molecular formula is C21H16F2N4O3. The van der Waals surface area contributed by atoms with Crippen molar-refractivity contribution in [2.24, 2.45) is 0 Å². The molecule has 0 saturated heterocycles. The van der Waals surface area contributed by atoms with Gasteiger partial charge in [0.2, 0.25) is 0 Å². The van der Waals surface area contributed by atoms with Crippen LogP contribution in [-0.2, 0) is 11.3 Å². The zero-order valence-electron chi connectivity index (χ0n) is 15.9. The number of aromatic nitrogens is 3. The van der Waals surface area contributed by atoms with E-state index in [9.17, 15) is 18.4 Å². The summed E-state index contributed by atoms with van der Waals surface area (Å²) in [5.74, 6) is -2.45. The summed E-state index contributed by atoms with van der Waals surface area (Å²) in [5, 5.41) is 4.46. The highest BCUT2D eigenvalue weighted by molar-refractivity contribution is 5.96. The van der Waals surface area contributed by atoms with Crippen molar-refractivity contribution in [3.63, 3.8) is 0 Å². The summed E-state index contributed by atoms with van der Waals surface area (Å²) in [4.78, 5) is 29.7. The van der Waals surface area contributed by atoms with Gasteiger partial charge in [-0.25, -0.2) is 13.3 Å². The molecule has 0 fully saturated rings. The van der Waals surface area contributed by atoms with Crippen molar-refractivity contribution in [3.05, 3.63) is 81.5 Å². The second-order valence-corrected chi connectivity index (χ2v) is 7.23. The van der Waals surface area contributed by atoms with Crippen LogP contribution in [0.4, 0.5) is 8.78 Å². The molecule has 0 radical (unpaired) electrons. The zero-order valence-corrected chi connectivity index (χ0v) is 15.9. The molecule has 1 unspecified atom stereocenters. The molecule has 1 amide bonds. The maximum atomic E-state index is 14.0. The number of carbonyl (C=O) groups is 1. The van der Waals surface area contributed by atoms with E-state index in [1.807, 2.05) is 6.07 Å². The summed E-state index contributed by atoms with van der Waals surface area (Å²) in [6.45, 7) is 0.263. The molecule has 152 valence electrons. The SMILES string of the molecule is CN(C(=O)c1cc2cccnn2c1)C1COCc2[nH]c(=O)c3cc(F)c(F)cc3c21. The summed E-state index contributed by atoms with van der Waals surface area (Å²) in [6, 6.07) is 6.61. The molecule has 4 aromatic rings. The molecule has 0 bridgehead atoms. The van der Waals surface area contributed by atoms with E-state index in [0.717, 1.165) is 17.6 Å². The third-order valence-corrected chi connectivity index (χ3v) is 5.45. The number of pyridine rings is 1. The molecule has 1 N–H and O–H groups in total. The van der Waals surface area contributed by atoms with Gasteiger partial charge < -0.3 is 14.6 Å². The number of nitrogens with zero attached hydrogens (tertiary/aromatic N) is 3. The number of benzene rings is 1. The van der Waals surface area contributed by atoms with Gasteiger partial charge >= 0.3 is 0 Å². The van der Waals surface area contributed by atoms with Crippen molar-refractivity contribution < 1.29 is 18.3 Å². The summed E-state index contributed by atoms with van der Waals surface area (Å²) in [7, 11) is 1.61. The first kappa shape index (κ1) is 18.4. The van der Waals surface area contributed by atoms with Crippen LogP contribution in [-0.4, -0.2) is 39.1 Å². The molecule has 30 heavy (non-hydrogen) atoms. The Morgan fingerprint density at radius 3 is 2.80 bits per heavy atom. The number of halogens is 2. The van der Waals surface area contributed by atoms with Crippen LogP contribution in [0.5, 0.6) is 0 Å². The maximum Gasteiger partial charge on any atom is 0.256 e. The minimum absolute atomic E-state index is 0.0270. The van der Waals surface area contributed by atoms with E-state index in [-0.39, 0.29) is 29.9 Å². The quantitative estimate of drug-likeness (QED) is 0.551.